The lowest BCUT2D eigenvalue weighted by Crippen LogP contribution is -2.50. The van der Waals surface area contributed by atoms with Crippen LogP contribution >= 0.6 is 0 Å². The summed E-state index contributed by atoms with van der Waals surface area (Å²) in [4.78, 5) is 14.3. The van der Waals surface area contributed by atoms with E-state index in [1.165, 1.54) is 32.1 Å². The van der Waals surface area contributed by atoms with Crippen LogP contribution in [0.25, 0.3) is 0 Å². The molecule has 110 valence electrons. The monoisotopic (exact) mass is 268 g/mol. The Morgan fingerprint density at radius 3 is 2.95 bits per heavy atom. The average molecular weight is 268 g/mol. The summed E-state index contributed by atoms with van der Waals surface area (Å²) in [5.74, 6) is 0.775. The first-order chi connectivity index (χ1) is 9.33. The summed E-state index contributed by atoms with van der Waals surface area (Å²) in [5, 5.41) is 3.07. The van der Waals surface area contributed by atoms with E-state index in [9.17, 15) is 4.79 Å². The van der Waals surface area contributed by atoms with Crippen LogP contribution in [0.1, 0.15) is 51.9 Å². The highest BCUT2D eigenvalue weighted by atomic mass is 16.5. The number of amides is 2. The Bertz CT molecular complexity index is 283. The van der Waals surface area contributed by atoms with Crippen LogP contribution < -0.4 is 5.32 Å². The number of carbonyl (C=O) groups is 1. The zero-order chi connectivity index (χ0) is 13.5. The van der Waals surface area contributed by atoms with Crippen molar-refractivity contribution in [1.29, 1.82) is 0 Å². The summed E-state index contributed by atoms with van der Waals surface area (Å²) in [7, 11) is 0. The highest BCUT2D eigenvalue weighted by molar-refractivity contribution is 5.74. The Balaban J connectivity index is 1.65. The Morgan fingerprint density at radius 1 is 1.26 bits per heavy atom. The topological polar surface area (TPSA) is 41.6 Å². The molecule has 1 saturated carbocycles. The predicted molar refractivity (Wildman–Crippen MR) is 76.2 cm³/mol. The van der Waals surface area contributed by atoms with Gasteiger partial charge in [-0.25, -0.2) is 4.79 Å². The van der Waals surface area contributed by atoms with Crippen molar-refractivity contribution in [3.63, 3.8) is 0 Å². The lowest BCUT2D eigenvalue weighted by atomic mass is 9.92. The summed E-state index contributed by atoms with van der Waals surface area (Å²) >= 11 is 0. The van der Waals surface area contributed by atoms with Gasteiger partial charge in [0.05, 0.1) is 0 Å². The quantitative estimate of drug-likeness (QED) is 0.753. The van der Waals surface area contributed by atoms with Gasteiger partial charge >= 0.3 is 6.03 Å². The highest BCUT2D eigenvalue weighted by Crippen LogP contribution is 2.36. The molecule has 19 heavy (non-hydrogen) atoms. The SMILES string of the molecule is CCOCCCCNC(=O)N1CCC[C@H]2CCC[C@H]21. The van der Waals surface area contributed by atoms with Crippen LogP contribution in [0.4, 0.5) is 4.79 Å². The van der Waals surface area contributed by atoms with Crippen LogP contribution in [-0.4, -0.2) is 43.3 Å². The minimum atomic E-state index is 0.160. The smallest absolute Gasteiger partial charge is 0.317 e. The first kappa shape index (κ1) is 14.6. The number of urea groups is 1. The number of rotatable bonds is 6. The van der Waals surface area contributed by atoms with Gasteiger partial charge in [-0.05, 0) is 51.4 Å². The van der Waals surface area contributed by atoms with E-state index in [2.05, 4.69) is 10.2 Å². The van der Waals surface area contributed by atoms with Gasteiger partial charge in [-0.2, -0.15) is 0 Å². The summed E-state index contributed by atoms with van der Waals surface area (Å²) in [6.07, 6.45) is 8.37. The Morgan fingerprint density at radius 2 is 2.11 bits per heavy atom. The normalized spacial score (nSPS) is 26.3. The van der Waals surface area contributed by atoms with Gasteiger partial charge in [0.25, 0.3) is 0 Å². The maximum Gasteiger partial charge on any atom is 0.317 e. The first-order valence-corrected chi connectivity index (χ1v) is 7.95. The molecule has 2 atom stereocenters. The fourth-order valence-corrected chi connectivity index (χ4v) is 3.48. The van der Waals surface area contributed by atoms with E-state index >= 15 is 0 Å². The molecule has 1 N–H and O–H groups in total. The standard InChI is InChI=1S/C15H28N2O2/c1-2-19-12-4-3-10-16-15(18)17-11-6-8-13-7-5-9-14(13)17/h13-14H,2-12H2,1H3,(H,16,18)/t13-,14-/m1/s1. The van der Waals surface area contributed by atoms with Gasteiger partial charge in [0.1, 0.15) is 0 Å². The number of hydrogen-bond donors (Lipinski definition) is 1. The molecule has 4 heteroatoms. The van der Waals surface area contributed by atoms with Gasteiger partial charge < -0.3 is 15.0 Å². The summed E-state index contributed by atoms with van der Waals surface area (Å²) in [5.41, 5.74) is 0. The van der Waals surface area contributed by atoms with E-state index in [4.69, 9.17) is 4.74 Å². The first-order valence-electron chi connectivity index (χ1n) is 7.95. The van der Waals surface area contributed by atoms with Crippen molar-refractivity contribution in [2.75, 3.05) is 26.3 Å². The molecule has 1 heterocycles. The number of ether oxygens (including phenoxy) is 1. The molecule has 1 aliphatic heterocycles. The van der Waals surface area contributed by atoms with Crippen molar-refractivity contribution in [1.82, 2.24) is 10.2 Å². The van der Waals surface area contributed by atoms with Gasteiger partial charge in [-0.15, -0.1) is 0 Å². The second-order valence-corrected chi connectivity index (χ2v) is 5.73. The van der Waals surface area contributed by atoms with Crippen molar-refractivity contribution in [2.24, 2.45) is 5.92 Å². The van der Waals surface area contributed by atoms with E-state index in [1.54, 1.807) is 0 Å². The maximum absolute atomic E-state index is 12.2. The number of nitrogens with zero attached hydrogens (tertiary/aromatic N) is 1. The lowest BCUT2D eigenvalue weighted by Gasteiger charge is -2.37. The highest BCUT2D eigenvalue weighted by Gasteiger charge is 2.37. The fraction of sp³-hybridized carbons (Fsp3) is 0.933. The molecule has 0 bridgehead atoms. The molecule has 4 nitrogen and oxygen atoms in total. The molecule has 2 fully saturated rings. The average Bonchev–Trinajstić information content (AvgIpc) is 2.90. The van der Waals surface area contributed by atoms with Crippen LogP contribution in [0.5, 0.6) is 0 Å². The van der Waals surface area contributed by atoms with Gasteiger partial charge in [-0.3, -0.25) is 0 Å². The van der Waals surface area contributed by atoms with Gasteiger partial charge in [0.2, 0.25) is 0 Å². The van der Waals surface area contributed by atoms with Gasteiger partial charge in [0.15, 0.2) is 0 Å². The Labute approximate surface area is 116 Å². The molecule has 0 aromatic heterocycles. The van der Waals surface area contributed by atoms with E-state index in [-0.39, 0.29) is 6.03 Å². The van der Waals surface area contributed by atoms with Crippen LogP contribution in [0.2, 0.25) is 0 Å². The molecule has 2 aliphatic rings. The predicted octanol–water partition coefficient (Wildman–Crippen LogP) is 2.78. The molecule has 1 aliphatic carbocycles. The minimum Gasteiger partial charge on any atom is -0.382 e. The number of nitrogens with one attached hydrogen (secondary N) is 1. The Hall–Kier alpha value is -0.770. The lowest BCUT2D eigenvalue weighted by molar-refractivity contribution is 0.127. The molecule has 2 rings (SSSR count). The van der Waals surface area contributed by atoms with E-state index in [1.807, 2.05) is 6.92 Å². The molecular weight excluding hydrogens is 240 g/mol. The second kappa shape index (κ2) is 7.73. The molecule has 0 spiro atoms. The third-order valence-corrected chi connectivity index (χ3v) is 4.45. The summed E-state index contributed by atoms with van der Waals surface area (Å²) in [6.45, 7) is 5.33. The number of piperidine rings is 1. The van der Waals surface area contributed by atoms with E-state index in [0.717, 1.165) is 45.1 Å². The molecule has 1 saturated heterocycles. The third kappa shape index (κ3) is 4.10. The third-order valence-electron chi connectivity index (χ3n) is 4.45. The van der Waals surface area contributed by atoms with Crippen LogP contribution in [0.3, 0.4) is 0 Å². The van der Waals surface area contributed by atoms with Crippen LogP contribution in [0, 0.1) is 5.92 Å². The minimum absolute atomic E-state index is 0.160. The molecule has 0 aromatic carbocycles. The van der Waals surface area contributed by atoms with E-state index < -0.39 is 0 Å². The van der Waals surface area contributed by atoms with Crippen molar-refractivity contribution < 1.29 is 9.53 Å². The number of unbranched alkanes of at least 4 members (excludes halogenated alkanes) is 1. The number of likely N-dealkylation sites (tertiary alicyclic amines) is 1. The van der Waals surface area contributed by atoms with Crippen molar-refractivity contribution in [3.8, 4) is 0 Å². The van der Waals surface area contributed by atoms with Gasteiger partial charge in [-0.1, -0.05) is 6.42 Å². The fourth-order valence-electron chi connectivity index (χ4n) is 3.48. The molecule has 0 radical (unpaired) electrons. The van der Waals surface area contributed by atoms with Crippen molar-refractivity contribution in [3.05, 3.63) is 0 Å². The number of fused-ring (bicyclic) bond motifs is 1. The van der Waals surface area contributed by atoms with Crippen molar-refractivity contribution >= 4 is 6.03 Å². The number of carbonyl (C=O) groups excluding carboxylic acids is 1. The summed E-state index contributed by atoms with van der Waals surface area (Å²) in [6, 6.07) is 0.685. The largest absolute Gasteiger partial charge is 0.382 e. The van der Waals surface area contributed by atoms with E-state index in [0.29, 0.717) is 6.04 Å². The zero-order valence-electron chi connectivity index (χ0n) is 12.2. The van der Waals surface area contributed by atoms with Crippen LogP contribution in [0.15, 0.2) is 0 Å². The molecule has 0 unspecified atom stereocenters. The van der Waals surface area contributed by atoms with Crippen molar-refractivity contribution in [2.45, 2.75) is 57.9 Å². The molecule has 2 amide bonds. The number of hydrogen-bond acceptors (Lipinski definition) is 2. The summed E-state index contributed by atoms with van der Waals surface area (Å²) < 4.78 is 5.29. The van der Waals surface area contributed by atoms with Gasteiger partial charge in [0, 0.05) is 32.3 Å². The molecule has 0 aromatic rings. The molecular formula is C15H28N2O2. The maximum atomic E-state index is 12.2. The zero-order valence-corrected chi connectivity index (χ0v) is 12.2. The second-order valence-electron chi connectivity index (χ2n) is 5.73. The van der Waals surface area contributed by atoms with Crippen LogP contribution in [-0.2, 0) is 4.74 Å². The Kier molecular flexibility index (Phi) is 5.95.